The minimum absolute atomic E-state index is 0. The molecular weight excluding hydrogens is 493 g/mol. The van der Waals surface area contributed by atoms with E-state index in [-0.39, 0.29) is 29.6 Å². The first-order valence-electron chi connectivity index (χ1n) is 10.5. The van der Waals surface area contributed by atoms with E-state index in [9.17, 15) is 4.79 Å². The average molecular weight is 514 g/mol. The van der Waals surface area contributed by atoms with Gasteiger partial charge in [-0.25, -0.2) is 0 Å². The number of nitrogens with one attached hydrogen (secondary N) is 1. The van der Waals surface area contributed by atoms with Gasteiger partial charge >= 0.3 is 0 Å². The molecule has 0 bridgehead atoms. The maximum Gasteiger partial charge on any atom is 0.280 e. The lowest BCUT2D eigenvalue weighted by molar-refractivity contribution is 0.0955. The quantitative estimate of drug-likeness (QED) is 0.322. The maximum absolute atomic E-state index is 12.5. The number of hydrogen-bond acceptors (Lipinski definition) is 6. The molecule has 34 heavy (non-hydrogen) atoms. The zero-order chi connectivity index (χ0) is 22.6. The van der Waals surface area contributed by atoms with Crippen LogP contribution in [0.5, 0.6) is 16.7 Å². The molecule has 1 aliphatic heterocycles. The summed E-state index contributed by atoms with van der Waals surface area (Å²) in [6.07, 6.45) is 5.19. The van der Waals surface area contributed by atoms with E-state index in [1.54, 1.807) is 12.4 Å². The second-order valence-electron chi connectivity index (χ2n) is 7.57. The second-order valence-corrected chi connectivity index (χ2v) is 8.88. The summed E-state index contributed by atoms with van der Waals surface area (Å²) in [4.78, 5) is 21.0. The zero-order valence-corrected chi connectivity index (χ0v) is 20.3. The molecule has 0 fully saturated rings. The van der Waals surface area contributed by atoms with Gasteiger partial charge in [0, 0.05) is 18.9 Å². The predicted octanol–water partition coefficient (Wildman–Crippen LogP) is 6.40. The summed E-state index contributed by atoms with van der Waals surface area (Å²) in [5.74, 6) is 1.19. The van der Waals surface area contributed by atoms with Crippen LogP contribution in [0, 0.1) is 0 Å². The fraction of sp³-hybridized carbons (Fsp3) is 0.160. The summed E-state index contributed by atoms with van der Waals surface area (Å²) in [6.45, 7) is 0.376. The van der Waals surface area contributed by atoms with Crippen molar-refractivity contribution in [2.45, 2.75) is 25.5 Å². The van der Waals surface area contributed by atoms with Crippen LogP contribution in [-0.2, 0) is 13.0 Å². The number of carbonyl (C=O) groups is 1. The predicted molar refractivity (Wildman–Crippen MR) is 134 cm³/mol. The molecule has 1 aliphatic rings. The molecule has 1 atom stereocenters. The molecule has 0 saturated heterocycles. The van der Waals surface area contributed by atoms with Gasteiger partial charge in [-0.2, -0.15) is 4.98 Å². The van der Waals surface area contributed by atoms with Gasteiger partial charge in [-0.1, -0.05) is 53.3 Å². The molecule has 9 heteroatoms. The number of carbonyl (C=O) groups excluding carboxylic acids is 1. The number of hydrogen-bond donors (Lipinski definition) is 1. The Morgan fingerprint density at radius 1 is 1.15 bits per heavy atom. The Balaban J connectivity index is 0.00000274. The fourth-order valence-corrected chi connectivity index (χ4v) is 4.73. The first-order valence-corrected chi connectivity index (χ1v) is 11.7. The van der Waals surface area contributed by atoms with Crippen LogP contribution < -0.4 is 14.8 Å². The third-order valence-electron chi connectivity index (χ3n) is 5.33. The molecule has 5 rings (SSSR count). The van der Waals surface area contributed by atoms with Gasteiger partial charge < -0.3 is 14.8 Å². The number of ether oxygens (including phenoxy) is 2. The minimum atomic E-state index is -0.296. The van der Waals surface area contributed by atoms with Gasteiger partial charge in [0.05, 0.1) is 0 Å². The van der Waals surface area contributed by atoms with Crippen molar-refractivity contribution in [3.63, 3.8) is 0 Å². The van der Waals surface area contributed by atoms with E-state index in [1.807, 2.05) is 48.5 Å². The van der Waals surface area contributed by atoms with Gasteiger partial charge in [-0.3, -0.25) is 9.78 Å². The highest BCUT2D eigenvalue weighted by Crippen LogP contribution is 2.38. The normalized spacial score (nSPS) is 14.3. The van der Waals surface area contributed by atoms with E-state index < -0.39 is 0 Å². The van der Waals surface area contributed by atoms with E-state index in [2.05, 4.69) is 27.4 Å². The summed E-state index contributed by atoms with van der Waals surface area (Å²) in [6, 6.07) is 19.6. The van der Waals surface area contributed by atoms with Crippen LogP contribution in [0.2, 0.25) is 5.15 Å². The molecule has 0 radical (unpaired) electrons. The van der Waals surface area contributed by atoms with E-state index in [4.69, 9.17) is 21.1 Å². The molecule has 0 saturated carbocycles. The summed E-state index contributed by atoms with van der Waals surface area (Å²) in [5.41, 5.74) is 3.20. The highest BCUT2D eigenvalue weighted by molar-refractivity contribution is 7.16. The topological polar surface area (TPSA) is 73.3 Å². The highest BCUT2D eigenvalue weighted by Gasteiger charge is 2.22. The molecule has 0 aliphatic carbocycles. The van der Waals surface area contributed by atoms with Crippen molar-refractivity contribution in [1.29, 1.82) is 0 Å². The first kappa shape index (κ1) is 24.0. The van der Waals surface area contributed by atoms with Crippen LogP contribution in [0.4, 0.5) is 0 Å². The maximum atomic E-state index is 12.5. The molecule has 2 aromatic heterocycles. The molecule has 4 aromatic rings. The minimum Gasteiger partial charge on any atom is -0.485 e. The molecule has 0 spiro atoms. The van der Waals surface area contributed by atoms with E-state index in [1.165, 1.54) is 5.56 Å². The van der Waals surface area contributed by atoms with Crippen molar-refractivity contribution >= 4 is 41.3 Å². The summed E-state index contributed by atoms with van der Waals surface area (Å²) < 4.78 is 12.1. The van der Waals surface area contributed by atoms with Crippen molar-refractivity contribution in [1.82, 2.24) is 15.3 Å². The lowest BCUT2D eigenvalue weighted by atomic mass is 9.97. The number of benzene rings is 2. The van der Waals surface area contributed by atoms with Crippen LogP contribution in [-0.4, -0.2) is 15.9 Å². The number of halogens is 2. The first-order chi connectivity index (χ1) is 16.2. The molecule has 1 unspecified atom stereocenters. The largest absolute Gasteiger partial charge is 0.485 e. The zero-order valence-electron chi connectivity index (χ0n) is 17.9. The van der Waals surface area contributed by atoms with Crippen molar-refractivity contribution in [2.24, 2.45) is 0 Å². The monoisotopic (exact) mass is 513 g/mol. The van der Waals surface area contributed by atoms with Crippen LogP contribution in [0.1, 0.15) is 38.9 Å². The molecule has 174 valence electrons. The molecule has 6 nitrogen and oxygen atoms in total. The van der Waals surface area contributed by atoms with Crippen molar-refractivity contribution in [2.75, 3.05) is 0 Å². The summed E-state index contributed by atoms with van der Waals surface area (Å²) in [5, 5.41) is 3.27. The van der Waals surface area contributed by atoms with Crippen LogP contribution >= 0.6 is 35.3 Å². The summed E-state index contributed by atoms with van der Waals surface area (Å²) >= 11 is 7.32. The van der Waals surface area contributed by atoms with Gasteiger partial charge in [0.2, 0.25) is 0 Å². The molecular formula is C25H21Cl2N3O3S. The number of fused-ring (bicyclic) bond motifs is 1. The van der Waals surface area contributed by atoms with E-state index in [0.717, 1.165) is 41.1 Å². The van der Waals surface area contributed by atoms with Crippen molar-refractivity contribution < 1.29 is 14.3 Å². The number of aromatic nitrogens is 2. The summed E-state index contributed by atoms with van der Waals surface area (Å²) in [7, 11) is 0. The van der Waals surface area contributed by atoms with E-state index in [0.29, 0.717) is 22.4 Å². The number of thiazole rings is 1. The van der Waals surface area contributed by atoms with Crippen molar-refractivity contribution in [3.8, 4) is 16.7 Å². The molecule has 3 heterocycles. The van der Waals surface area contributed by atoms with Gasteiger partial charge in [0.25, 0.3) is 11.1 Å². The lowest BCUT2D eigenvalue weighted by Crippen LogP contribution is -2.22. The Labute approximate surface area is 212 Å². The average Bonchev–Trinajstić information content (AvgIpc) is 3.23. The van der Waals surface area contributed by atoms with Gasteiger partial charge in [-0.05, 0) is 59.9 Å². The number of rotatable bonds is 6. The van der Waals surface area contributed by atoms with Crippen LogP contribution in [0.25, 0.3) is 0 Å². The SMILES string of the molecule is Cl.O=C(NCc1ccncc1)c1sc(Oc2ccc3c(c2)CCC(c2ccccc2)O3)nc1Cl. The smallest absolute Gasteiger partial charge is 0.280 e. The van der Waals surface area contributed by atoms with Gasteiger partial charge in [0.15, 0.2) is 5.15 Å². The third kappa shape index (κ3) is 5.50. The van der Waals surface area contributed by atoms with Crippen LogP contribution in [0.15, 0.2) is 73.1 Å². The van der Waals surface area contributed by atoms with Gasteiger partial charge in [-0.15, -0.1) is 12.4 Å². The highest BCUT2D eigenvalue weighted by atomic mass is 35.5. The van der Waals surface area contributed by atoms with Crippen molar-refractivity contribution in [3.05, 3.63) is 99.8 Å². The number of nitrogens with zero attached hydrogens (tertiary/aromatic N) is 2. The Hall–Kier alpha value is -3.13. The Kier molecular flexibility index (Phi) is 7.67. The lowest BCUT2D eigenvalue weighted by Gasteiger charge is -2.26. The van der Waals surface area contributed by atoms with Gasteiger partial charge in [0.1, 0.15) is 22.5 Å². The van der Waals surface area contributed by atoms with Crippen LogP contribution in [0.3, 0.4) is 0 Å². The third-order valence-corrected chi connectivity index (χ3v) is 6.65. The molecule has 1 amide bonds. The number of aryl methyl sites for hydroxylation is 1. The number of amides is 1. The number of pyridine rings is 1. The Bertz CT molecular complexity index is 1270. The Morgan fingerprint density at radius 2 is 1.94 bits per heavy atom. The second kappa shape index (κ2) is 10.9. The Morgan fingerprint density at radius 3 is 2.74 bits per heavy atom. The molecule has 2 aromatic carbocycles. The fourth-order valence-electron chi connectivity index (χ4n) is 3.66. The van der Waals surface area contributed by atoms with E-state index >= 15 is 0 Å². The standard InChI is InChI=1S/C25H20ClN3O3S.ClH/c26-23-22(24(30)28-15-16-10-12-27-13-11-16)33-25(29-23)31-19-7-9-21-18(14-19)6-8-20(32-21)17-4-2-1-3-5-17;/h1-5,7,9-14,20H,6,8,15H2,(H,28,30);1H. The molecule has 1 N–H and O–H groups in total.